The number of ether oxygens (including phenoxy) is 1. The van der Waals surface area contributed by atoms with Crippen molar-refractivity contribution in [1.82, 2.24) is 4.90 Å². The lowest BCUT2D eigenvalue weighted by molar-refractivity contribution is 0.0943. The monoisotopic (exact) mass is 185 g/mol. The smallest absolute Gasteiger partial charge is 0.0618 e. The van der Waals surface area contributed by atoms with Crippen LogP contribution in [0.5, 0.6) is 0 Å². The summed E-state index contributed by atoms with van der Waals surface area (Å²) < 4.78 is 5.23. The van der Waals surface area contributed by atoms with E-state index < -0.39 is 0 Å². The van der Waals surface area contributed by atoms with Gasteiger partial charge in [0.1, 0.15) is 0 Å². The zero-order chi connectivity index (χ0) is 9.90. The lowest BCUT2D eigenvalue weighted by Crippen LogP contribution is -2.38. The first-order valence-electron chi connectivity index (χ1n) is 5.26. The molecule has 0 bridgehead atoms. The summed E-state index contributed by atoms with van der Waals surface area (Å²) in [6.07, 6.45) is 2.65. The van der Waals surface area contributed by atoms with Gasteiger partial charge in [0.05, 0.1) is 6.61 Å². The van der Waals surface area contributed by atoms with Gasteiger partial charge in [-0.1, -0.05) is 20.8 Å². The van der Waals surface area contributed by atoms with Crippen molar-refractivity contribution in [3.63, 3.8) is 0 Å². The van der Waals surface area contributed by atoms with Crippen LogP contribution in [0.3, 0.4) is 0 Å². The maximum Gasteiger partial charge on any atom is 0.0618 e. The molecule has 1 fully saturated rings. The standard InChI is InChI=1S/C11H23NO/c1-11(2,3)9-12-7-5-6-10(12)8-13-4/h10H,5-9H2,1-4H3/t10-/m0/s1. The first-order valence-corrected chi connectivity index (χ1v) is 5.26. The van der Waals surface area contributed by atoms with Crippen LogP contribution in [0, 0.1) is 5.41 Å². The molecule has 1 aliphatic rings. The van der Waals surface area contributed by atoms with Gasteiger partial charge in [-0.15, -0.1) is 0 Å². The second-order valence-corrected chi connectivity index (χ2v) is 5.28. The van der Waals surface area contributed by atoms with Crippen LogP contribution in [0.4, 0.5) is 0 Å². The molecule has 13 heavy (non-hydrogen) atoms. The van der Waals surface area contributed by atoms with Gasteiger partial charge in [-0.2, -0.15) is 0 Å². The van der Waals surface area contributed by atoms with Crippen molar-refractivity contribution in [2.24, 2.45) is 5.41 Å². The van der Waals surface area contributed by atoms with Crippen molar-refractivity contribution in [3.8, 4) is 0 Å². The third-order valence-electron chi connectivity index (χ3n) is 2.54. The summed E-state index contributed by atoms with van der Waals surface area (Å²) in [5.41, 5.74) is 0.413. The van der Waals surface area contributed by atoms with Crippen molar-refractivity contribution < 1.29 is 4.74 Å². The Morgan fingerprint density at radius 2 is 2.08 bits per heavy atom. The number of methoxy groups -OCH3 is 1. The van der Waals surface area contributed by atoms with Gasteiger partial charge in [0, 0.05) is 19.7 Å². The lowest BCUT2D eigenvalue weighted by atomic mass is 9.96. The van der Waals surface area contributed by atoms with Gasteiger partial charge in [-0.25, -0.2) is 0 Å². The van der Waals surface area contributed by atoms with Crippen LogP contribution in [0.2, 0.25) is 0 Å². The molecule has 0 aliphatic carbocycles. The summed E-state index contributed by atoms with van der Waals surface area (Å²) in [7, 11) is 1.80. The Morgan fingerprint density at radius 1 is 1.38 bits per heavy atom. The zero-order valence-electron chi connectivity index (χ0n) is 9.47. The maximum atomic E-state index is 5.23. The molecule has 0 aromatic rings. The minimum absolute atomic E-state index is 0.413. The number of nitrogens with zero attached hydrogens (tertiary/aromatic N) is 1. The third-order valence-corrected chi connectivity index (χ3v) is 2.54. The average Bonchev–Trinajstić information content (AvgIpc) is 2.34. The molecule has 78 valence electrons. The molecule has 0 radical (unpaired) electrons. The quantitative estimate of drug-likeness (QED) is 0.668. The topological polar surface area (TPSA) is 12.5 Å². The van der Waals surface area contributed by atoms with E-state index >= 15 is 0 Å². The van der Waals surface area contributed by atoms with Crippen LogP contribution < -0.4 is 0 Å². The van der Waals surface area contributed by atoms with Gasteiger partial charge in [-0.05, 0) is 24.8 Å². The van der Waals surface area contributed by atoms with Crippen LogP contribution in [-0.2, 0) is 4.74 Å². The molecule has 0 saturated carbocycles. The van der Waals surface area contributed by atoms with Gasteiger partial charge in [0.25, 0.3) is 0 Å². The minimum Gasteiger partial charge on any atom is -0.383 e. The molecule has 2 nitrogen and oxygen atoms in total. The van der Waals surface area contributed by atoms with Gasteiger partial charge in [-0.3, -0.25) is 4.90 Å². The summed E-state index contributed by atoms with van der Waals surface area (Å²) in [6, 6.07) is 0.671. The molecule has 1 aliphatic heterocycles. The van der Waals surface area contributed by atoms with E-state index in [1.807, 2.05) is 0 Å². The molecule has 1 heterocycles. The highest BCUT2D eigenvalue weighted by molar-refractivity contribution is 4.82. The van der Waals surface area contributed by atoms with Crippen LogP contribution >= 0.6 is 0 Å². The van der Waals surface area contributed by atoms with E-state index in [2.05, 4.69) is 25.7 Å². The fourth-order valence-electron chi connectivity index (χ4n) is 2.09. The van der Waals surface area contributed by atoms with E-state index in [4.69, 9.17) is 4.74 Å². The lowest BCUT2D eigenvalue weighted by Gasteiger charge is -2.30. The normalized spacial score (nSPS) is 25.4. The molecule has 0 aromatic heterocycles. The number of hydrogen-bond acceptors (Lipinski definition) is 2. The molecular formula is C11H23NO. The number of rotatable bonds is 3. The van der Waals surface area contributed by atoms with Crippen LogP contribution in [-0.4, -0.2) is 37.7 Å². The Labute approximate surface area is 82.3 Å². The van der Waals surface area contributed by atoms with E-state index in [0.717, 1.165) is 6.61 Å². The highest BCUT2D eigenvalue weighted by Gasteiger charge is 2.27. The highest BCUT2D eigenvalue weighted by Crippen LogP contribution is 2.23. The maximum absolute atomic E-state index is 5.23. The van der Waals surface area contributed by atoms with Crippen molar-refractivity contribution in [2.45, 2.75) is 39.7 Å². The van der Waals surface area contributed by atoms with Crippen molar-refractivity contribution in [1.29, 1.82) is 0 Å². The average molecular weight is 185 g/mol. The van der Waals surface area contributed by atoms with Crippen molar-refractivity contribution in [3.05, 3.63) is 0 Å². The van der Waals surface area contributed by atoms with E-state index in [0.29, 0.717) is 11.5 Å². The predicted molar refractivity (Wildman–Crippen MR) is 55.9 cm³/mol. The van der Waals surface area contributed by atoms with E-state index in [1.54, 1.807) is 7.11 Å². The van der Waals surface area contributed by atoms with Gasteiger partial charge in [0.15, 0.2) is 0 Å². The zero-order valence-corrected chi connectivity index (χ0v) is 9.47. The minimum atomic E-state index is 0.413. The van der Waals surface area contributed by atoms with Crippen LogP contribution in [0.15, 0.2) is 0 Å². The van der Waals surface area contributed by atoms with Gasteiger partial charge in [0.2, 0.25) is 0 Å². The molecule has 0 amide bonds. The van der Waals surface area contributed by atoms with E-state index in [1.165, 1.54) is 25.9 Å². The summed E-state index contributed by atoms with van der Waals surface area (Å²) in [5, 5.41) is 0. The highest BCUT2D eigenvalue weighted by atomic mass is 16.5. The molecule has 0 spiro atoms. The molecule has 0 unspecified atom stereocenters. The van der Waals surface area contributed by atoms with Gasteiger partial charge >= 0.3 is 0 Å². The second-order valence-electron chi connectivity index (χ2n) is 5.28. The Hall–Kier alpha value is -0.0800. The van der Waals surface area contributed by atoms with Crippen molar-refractivity contribution >= 4 is 0 Å². The first kappa shape index (κ1) is 11.0. The second kappa shape index (κ2) is 4.43. The van der Waals surface area contributed by atoms with E-state index in [-0.39, 0.29) is 0 Å². The fourth-order valence-corrected chi connectivity index (χ4v) is 2.09. The number of hydrogen-bond donors (Lipinski definition) is 0. The number of likely N-dealkylation sites (tertiary alicyclic amines) is 1. The van der Waals surface area contributed by atoms with Crippen LogP contribution in [0.1, 0.15) is 33.6 Å². The molecular weight excluding hydrogens is 162 g/mol. The first-order chi connectivity index (χ1) is 6.03. The van der Waals surface area contributed by atoms with Crippen LogP contribution in [0.25, 0.3) is 0 Å². The summed E-state index contributed by atoms with van der Waals surface area (Å²) in [4.78, 5) is 2.57. The summed E-state index contributed by atoms with van der Waals surface area (Å²) in [6.45, 7) is 10.3. The molecule has 1 rings (SSSR count). The van der Waals surface area contributed by atoms with Crippen molar-refractivity contribution in [2.75, 3.05) is 26.8 Å². The molecule has 2 heteroatoms. The molecule has 0 aromatic carbocycles. The third kappa shape index (κ3) is 3.65. The summed E-state index contributed by atoms with van der Waals surface area (Å²) in [5.74, 6) is 0. The van der Waals surface area contributed by atoms with Gasteiger partial charge < -0.3 is 4.74 Å². The fraction of sp³-hybridized carbons (Fsp3) is 1.00. The molecule has 1 atom stereocenters. The summed E-state index contributed by atoms with van der Waals surface area (Å²) >= 11 is 0. The predicted octanol–water partition coefficient (Wildman–Crippen LogP) is 2.14. The Balaban J connectivity index is 2.39. The largest absolute Gasteiger partial charge is 0.383 e. The Kier molecular flexibility index (Phi) is 3.74. The Bertz CT molecular complexity index is 151. The Morgan fingerprint density at radius 3 is 2.62 bits per heavy atom. The SMILES string of the molecule is COC[C@@H]1CCCN1CC(C)(C)C. The van der Waals surface area contributed by atoms with E-state index in [9.17, 15) is 0 Å². The molecule has 0 N–H and O–H groups in total. The molecule has 1 saturated heterocycles.